The Morgan fingerprint density at radius 2 is 2.08 bits per heavy atom. The summed E-state index contributed by atoms with van der Waals surface area (Å²) in [6.45, 7) is 0. The highest BCUT2D eigenvalue weighted by Crippen LogP contribution is 2.28. The van der Waals surface area contributed by atoms with E-state index in [9.17, 15) is 9.59 Å². The summed E-state index contributed by atoms with van der Waals surface area (Å²) < 4.78 is 1.78. The van der Waals surface area contributed by atoms with Crippen LogP contribution < -0.4 is 11.1 Å². The van der Waals surface area contributed by atoms with E-state index < -0.39 is 5.91 Å². The Hall–Kier alpha value is -2.36. The second-order valence-corrected chi connectivity index (χ2v) is 7.48. The number of anilines is 1. The van der Waals surface area contributed by atoms with Crippen LogP contribution in [0.2, 0.25) is 5.02 Å². The number of carbonyl (C=O) groups excluding carboxylic acids is 2. The fourth-order valence-corrected chi connectivity index (χ4v) is 3.95. The maximum Gasteiger partial charge on any atom is 0.251 e. The number of benzene rings is 1. The van der Waals surface area contributed by atoms with Crippen LogP contribution in [0.25, 0.3) is 11.4 Å². The molecular weight excluding hydrogens is 394 g/mol. The summed E-state index contributed by atoms with van der Waals surface area (Å²) in [4.78, 5) is 23.4. The van der Waals surface area contributed by atoms with E-state index in [2.05, 4.69) is 15.5 Å². The monoisotopic (exact) mass is 407 g/mol. The highest BCUT2D eigenvalue weighted by molar-refractivity contribution is 7.99. The van der Waals surface area contributed by atoms with Gasteiger partial charge in [-0.15, -0.1) is 21.5 Å². The molecule has 1 aromatic carbocycles. The van der Waals surface area contributed by atoms with Gasteiger partial charge in [0.2, 0.25) is 5.91 Å². The molecule has 7 nitrogen and oxygen atoms in total. The van der Waals surface area contributed by atoms with Crippen molar-refractivity contribution in [2.75, 3.05) is 11.1 Å². The average Bonchev–Trinajstić information content (AvgIpc) is 3.20. The summed E-state index contributed by atoms with van der Waals surface area (Å²) in [5.74, 6) is -0.105. The van der Waals surface area contributed by atoms with Gasteiger partial charge in [0.25, 0.3) is 5.91 Å². The van der Waals surface area contributed by atoms with Crippen molar-refractivity contribution in [3.8, 4) is 11.4 Å². The molecule has 2 aromatic heterocycles. The highest BCUT2D eigenvalue weighted by Gasteiger charge is 2.16. The molecule has 0 aliphatic heterocycles. The minimum atomic E-state index is -0.577. The molecule has 0 saturated carbocycles. The van der Waals surface area contributed by atoms with E-state index in [4.69, 9.17) is 17.3 Å². The van der Waals surface area contributed by atoms with Gasteiger partial charge in [0, 0.05) is 12.6 Å². The largest absolute Gasteiger partial charge is 0.366 e. The molecule has 2 heterocycles. The molecule has 26 heavy (non-hydrogen) atoms. The zero-order valence-electron chi connectivity index (χ0n) is 13.6. The fraction of sp³-hybridized carbons (Fsp3) is 0.125. The average molecular weight is 408 g/mol. The zero-order valence-corrected chi connectivity index (χ0v) is 16.0. The van der Waals surface area contributed by atoms with E-state index >= 15 is 0 Å². The normalized spacial score (nSPS) is 10.7. The molecule has 0 spiro atoms. The molecule has 0 bridgehead atoms. The van der Waals surface area contributed by atoms with Crippen molar-refractivity contribution >= 4 is 51.5 Å². The van der Waals surface area contributed by atoms with Gasteiger partial charge in [0.05, 0.1) is 16.3 Å². The third-order valence-electron chi connectivity index (χ3n) is 3.47. The van der Waals surface area contributed by atoms with Crippen molar-refractivity contribution in [3.63, 3.8) is 0 Å². The first-order valence-electron chi connectivity index (χ1n) is 7.41. The van der Waals surface area contributed by atoms with Gasteiger partial charge in [-0.1, -0.05) is 35.5 Å². The number of aromatic nitrogens is 3. The van der Waals surface area contributed by atoms with Crippen LogP contribution in [0.1, 0.15) is 10.4 Å². The fourth-order valence-electron chi connectivity index (χ4n) is 2.21. The molecule has 0 radical (unpaired) electrons. The van der Waals surface area contributed by atoms with E-state index in [1.165, 1.54) is 23.1 Å². The Kier molecular flexibility index (Phi) is 5.60. The lowest BCUT2D eigenvalue weighted by atomic mass is 10.2. The van der Waals surface area contributed by atoms with Crippen LogP contribution in [0.3, 0.4) is 0 Å². The third kappa shape index (κ3) is 3.90. The highest BCUT2D eigenvalue weighted by atomic mass is 35.5. The molecule has 2 amide bonds. The summed E-state index contributed by atoms with van der Waals surface area (Å²) in [7, 11) is 1.81. The maximum absolute atomic E-state index is 12.1. The minimum Gasteiger partial charge on any atom is -0.366 e. The predicted molar refractivity (Wildman–Crippen MR) is 104 cm³/mol. The van der Waals surface area contributed by atoms with E-state index in [1.807, 2.05) is 25.2 Å². The molecule has 0 unspecified atom stereocenters. The Morgan fingerprint density at radius 1 is 1.31 bits per heavy atom. The SMILES string of the molecule is Cn1c(SCC(=O)Nc2sccc2C(N)=O)nnc1-c1ccccc1Cl. The number of carbonyl (C=O) groups is 2. The van der Waals surface area contributed by atoms with Crippen molar-refractivity contribution in [1.82, 2.24) is 14.8 Å². The molecule has 3 N–H and O–H groups in total. The number of rotatable bonds is 6. The zero-order chi connectivity index (χ0) is 18.7. The van der Waals surface area contributed by atoms with Gasteiger partial charge in [-0.25, -0.2) is 0 Å². The third-order valence-corrected chi connectivity index (χ3v) is 5.65. The second-order valence-electron chi connectivity index (χ2n) is 5.21. The number of thiophene rings is 1. The van der Waals surface area contributed by atoms with E-state index in [0.29, 0.717) is 26.6 Å². The standard InChI is InChI=1S/C16H14ClN5O2S2/c1-22-14(9-4-2-3-5-11(9)17)20-21-16(22)26-8-12(23)19-15-10(13(18)24)6-7-25-15/h2-7H,8H2,1H3,(H2,18,24)(H,19,23). The van der Waals surface area contributed by atoms with E-state index in [-0.39, 0.29) is 11.7 Å². The number of nitrogens with two attached hydrogens (primary N) is 1. The first-order valence-corrected chi connectivity index (χ1v) is 9.66. The second kappa shape index (κ2) is 7.90. The Balaban J connectivity index is 1.67. The van der Waals surface area contributed by atoms with Crippen LogP contribution in [0.5, 0.6) is 0 Å². The summed E-state index contributed by atoms with van der Waals surface area (Å²) in [6.07, 6.45) is 0. The molecule has 10 heteroatoms. The Labute approximate surface area is 162 Å². The van der Waals surface area contributed by atoms with Crippen molar-refractivity contribution < 1.29 is 9.59 Å². The van der Waals surface area contributed by atoms with Crippen LogP contribution in [0.15, 0.2) is 40.9 Å². The molecule has 0 atom stereocenters. The number of nitrogens with zero attached hydrogens (tertiary/aromatic N) is 3. The number of halogens is 1. The predicted octanol–water partition coefficient (Wildman–Crippen LogP) is 3.03. The van der Waals surface area contributed by atoms with Crippen LogP contribution in [-0.2, 0) is 11.8 Å². The van der Waals surface area contributed by atoms with Crippen molar-refractivity contribution in [2.45, 2.75) is 5.16 Å². The lowest BCUT2D eigenvalue weighted by Gasteiger charge is -2.06. The van der Waals surface area contributed by atoms with Crippen molar-refractivity contribution in [3.05, 3.63) is 46.3 Å². The van der Waals surface area contributed by atoms with Crippen molar-refractivity contribution in [2.24, 2.45) is 12.8 Å². The number of primary amides is 1. The van der Waals surface area contributed by atoms with E-state index in [0.717, 1.165) is 5.56 Å². The molecule has 0 aliphatic carbocycles. The van der Waals surface area contributed by atoms with Gasteiger partial charge in [0.1, 0.15) is 5.00 Å². The smallest absolute Gasteiger partial charge is 0.251 e. The number of amides is 2. The molecule has 134 valence electrons. The van der Waals surface area contributed by atoms with Gasteiger partial charge >= 0.3 is 0 Å². The number of thioether (sulfide) groups is 1. The van der Waals surface area contributed by atoms with Crippen LogP contribution in [0, 0.1) is 0 Å². The molecule has 0 fully saturated rings. The minimum absolute atomic E-state index is 0.116. The Morgan fingerprint density at radius 3 is 2.81 bits per heavy atom. The van der Waals surface area contributed by atoms with Gasteiger partial charge in [-0.3, -0.25) is 9.59 Å². The maximum atomic E-state index is 12.1. The molecule has 3 aromatic rings. The van der Waals surface area contributed by atoms with Gasteiger partial charge in [0.15, 0.2) is 11.0 Å². The van der Waals surface area contributed by atoms with Gasteiger partial charge in [-0.2, -0.15) is 0 Å². The topological polar surface area (TPSA) is 103 Å². The summed E-state index contributed by atoms with van der Waals surface area (Å²) in [5, 5.41) is 14.3. The van der Waals surface area contributed by atoms with Gasteiger partial charge in [-0.05, 0) is 23.6 Å². The molecule has 0 aliphatic rings. The molecular formula is C16H14ClN5O2S2. The number of hydrogen-bond acceptors (Lipinski definition) is 6. The number of hydrogen-bond donors (Lipinski definition) is 2. The molecule has 3 rings (SSSR count). The van der Waals surface area contributed by atoms with Crippen LogP contribution >= 0.6 is 34.7 Å². The van der Waals surface area contributed by atoms with Crippen LogP contribution in [-0.4, -0.2) is 32.3 Å². The van der Waals surface area contributed by atoms with Crippen molar-refractivity contribution in [1.29, 1.82) is 0 Å². The van der Waals surface area contributed by atoms with Crippen LogP contribution in [0.4, 0.5) is 5.00 Å². The molecule has 0 saturated heterocycles. The Bertz CT molecular complexity index is 969. The lowest BCUT2D eigenvalue weighted by Crippen LogP contribution is -2.18. The number of nitrogens with one attached hydrogen (secondary N) is 1. The summed E-state index contributed by atoms with van der Waals surface area (Å²) in [6, 6.07) is 8.92. The summed E-state index contributed by atoms with van der Waals surface area (Å²) >= 11 is 8.68. The van der Waals surface area contributed by atoms with Gasteiger partial charge < -0.3 is 15.6 Å². The lowest BCUT2D eigenvalue weighted by molar-refractivity contribution is -0.113. The quantitative estimate of drug-likeness (QED) is 0.611. The first-order chi connectivity index (χ1) is 12.5. The summed E-state index contributed by atoms with van der Waals surface area (Å²) in [5.41, 5.74) is 6.34. The first kappa shape index (κ1) is 18.4. The van der Waals surface area contributed by atoms with E-state index in [1.54, 1.807) is 22.1 Å².